The van der Waals surface area contributed by atoms with Crippen LogP contribution in [0.2, 0.25) is 0 Å². The molecule has 1 unspecified atom stereocenters. The van der Waals surface area contributed by atoms with E-state index in [-0.39, 0.29) is 18.9 Å². The topological polar surface area (TPSA) is 51.7 Å². The number of H-pyrrole nitrogens is 1. The molecule has 3 nitrogen and oxygen atoms in total. The number of aromatic nitrogens is 2. The first-order valence-electron chi connectivity index (χ1n) is 3.55. The van der Waals surface area contributed by atoms with E-state index >= 15 is 0 Å². The number of aromatic amines is 1. The van der Waals surface area contributed by atoms with E-state index in [1.165, 1.54) is 0 Å². The van der Waals surface area contributed by atoms with Crippen molar-refractivity contribution in [3.63, 3.8) is 0 Å². The SMILES string of the molecule is C[S+]([O-])c1nc2ccccc2[nH]1.[LiH]. The van der Waals surface area contributed by atoms with Crippen molar-refractivity contribution in [1.82, 2.24) is 9.97 Å². The summed E-state index contributed by atoms with van der Waals surface area (Å²) in [5.74, 6) is 0. The second kappa shape index (κ2) is 4.21. The van der Waals surface area contributed by atoms with Crippen molar-refractivity contribution in [3.8, 4) is 0 Å². The van der Waals surface area contributed by atoms with E-state index in [1.807, 2.05) is 24.3 Å². The molecule has 1 aromatic heterocycles. The zero-order valence-corrected chi connectivity index (χ0v) is 7.39. The van der Waals surface area contributed by atoms with Gasteiger partial charge in [-0.15, -0.1) is 0 Å². The van der Waals surface area contributed by atoms with E-state index in [0.29, 0.717) is 5.16 Å². The molecule has 0 aliphatic heterocycles. The molecule has 0 bridgehead atoms. The van der Waals surface area contributed by atoms with Crippen LogP contribution < -0.4 is 0 Å². The summed E-state index contributed by atoms with van der Waals surface area (Å²) in [6.45, 7) is 0. The third-order valence-electron chi connectivity index (χ3n) is 1.64. The quantitative estimate of drug-likeness (QED) is 0.527. The van der Waals surface area contributed by atoms with Gasteiger partial charge in [0.05, 0.1) is 11.0 Å². The number of benzene rings is 1. The van der Waals surface area contributed by atoms with Gasteiger partial charge in [0.15, 0.2) is 0 Å². The molecule has 0 amide bonds. The van der Waals surface area contributed by atoms with Crippen molar-refractivity contribution in [2.75, 3.05) is 6.26 Å². The van der Waals surface area contributed by atoms with Crippen molar-refractivity contribution in [3.05, 3.63) is 24.3 Å². The fraction of sp³-hybridized carbons (Fsp3) is 0.125. The van der Waals surface area contributed by atoms with Crippen LogP contribution in [0.1, 0.15) is 0 Å². The van der Waals surface area contributed by atoms with Crippen molar-refractivity contribution < 1.29 is 4.55 Å². The first-order valence-corrected chi connectivity index (χ1v) is 5.11. The van der Waals surface area contributed by atoms with Crippen molar-refractivity contribution in [2.24, 2.45) is 0 Å². The molecule has 0 fully saturated rings. The number of imidazole rings is 1. The third-order valence-corrected chi connectivity index (χ3v) is 2.38. The van der Waals surface area contributed by atoms with Gasteiger partial charge in [0.2, 0.25) is 0 Å². The number of rotatable bonds is 1. The number of hydrogen-bond acceptors (Lipinski definition) is 2. The first-order chi connectivity index (χ1) is 5.77. The summed E-state index contributed by atoms with van der Waals surface area (Å²) in [6.07, 6.45) is 1.61. The summed E-state index contributed by atoms with van der Waals surface area (Å²) in [5.41, 5.74) is 1.80. The molecular weight excluding hydrogens is 179 g/mol. The Bertz CT molecular complexity index is 369. The van der Waals surface area contributed by atoms with Crippen molar-refractivity contribution in [2.45, 2.75) is 5.16 Å². The van der Waals surface area contributed by atoms with E-state index in [2.05, 4.69) is 9.97 Å². The molecule has 1 heterocycles. The van der Waals surface area contributed by atoms with Crippen molar-refractivity contribution >= 4 is 41.1 Å². The van der Waals surface area contributed by atoms with Crippen LogP contribution in [0.3, 0.4) is 0 Å². The second-order valence-electron chi connectivity index (χ2n) is 2.51. The fourth-order valence-electron chi connectivity index (χ4n) is 1.07. The number of fused-ring (bicyclic) bond motifs is 1. The molecule has 1 aromatic carbocycles. The maximum absolute atomic E-state index is 11.0. The third kappa shape index (κ3) is 2.09. The van der Waals surface area contributed by atoms with E-state index < -0.39 is 11.2 Å². The Morgan fingerprint density at radius 1 is 1.38 bits per heavy atom. The molecule has 5 heteroatoms. The van der Waals surface area contributed by atoms with E-state index in [9.17, 15) is 4.55 Å². The Kier molecular flexibility index (Phi) is 3.45. The molecule has 1 N–H and O–H groups in total. The summed E-state index contributed by atoms with van der Waals surface area (Å²) in [5, 5.41) is 0.538. The van der Waals surface area contributed by atoms with Crippen LogP contribution in [0.4, 0.5) is 0 Å². The minimum absolute atomic E-state index is 0. The summed E-state index contributed by atoms with van der Waals surface area (Å²) in [6, 6.07) is 7.63. The predicted octanol–water partition coefficient (Wildman–Crippen LogP) is 0.652. The Morgan fingerprint density at radius 3 is 2.69 bits per heavy atom. The molecular formula is C8H9LiN2OS. The minimum atomic E-state index is -1.03. The average Bonchev–Trinajstić information content (AvgIpc) is 2.46. The van der Waals surface area contributed by atoms with Gasteiger partial charge in [-0.3, -0.25) is 4.98 Å². The normalized spacial score (nSPS) is 12.5. The Morgan fingerprint density at radius 2 is 2.08 bits per heavy atom. The molecule has 0 radical (unpaired) electrons. The van der Waals surface area contributed by atoms with Gasteiger partial charge in [-0.2, -0.15) is 4.98 Å². The van der Waals surface area contributed by atoms with Gasteiger partial charge in [0.25, 0.3) is 0 Å². The maximum atomic E-state index is 11.0. The van der Waals surface area contributed by atoms with E-state index in [1.54, 1.807) is 6.26 Å². The van der Waals surface area contributed by atoms with E-state index in [0.717, 1.165) is 11.0 Å². The van der Waals surface area contributed by atoms with Crippen LogP contribution in [0.25, 0.3) is 11.0 Å². The molecule has 0 saturated heterocycles. The van der Waals surface area contributed by atoms with Crippen LogP contribution in [-0.4, -0.2) is 39.6 Å². The van der Waals surface area contributed by atoms with Gasteiger partial charge < -0.3 is 4.55 Å². The summed E-state index contributed by atoms with van der Waals surface area (Å²) in [7, 11) is 0. The standard InChI is InChI=1S/C8H8N2OS.Li.H/c1-12(11)8-9-6-4-2-3-5-7(6)10-8;;/h2-5H,1H3,(H,9,10);;. The number of nitrogens with one attached hydrogen (secondary N) is 1. The summed E-state index contributed by atoms with van der Waals surface area (Å²) < 4.78 is 11.0. The number of hydrogen-bond donors (Lipinski definition) is 1. The molecule has 2 rings (SSSR count). The van der Waals surface area contributed by atoms with Gasteiger partial charge >= 0.3 is 24.0 Å². The van der Waals surface area contributed by atoms with Gasteiger partial charge in [-0.05, 0) is 12.1 Å². The van der Waals surface area contributed by atoms with Crippen LogP contribution in [-0.2, 0) is 11.2 Å². The van der Waals surface area contributed by atoms with Gasteiger partial charge in [-0.1, -0.05) is 12.1 Å². The molecule has 0 aliphatic carbocycles. The summed E-state index contributed by atoms with van der Waals surface area (Å²) >= 11 is -1.03. The second-order valence-corrected chi connectivity index (χ2v) is 3.81. The number of para-hydroxylation sites is 2. The van der Waals surface area contributed by atoms with Crippen LogP contribution in [0, 0.1) is 0 Å². The van der Waals surface area contributed by atoms with Gasteiger partial charge in [-0.25, -0.2) is 0 Å². The molecule has 13 heavy (non-hydrogen) atoms. The molecule has 0 aliphatic rings. The average molecular weight is 188 g/mol. The Balaban J connectivity index is 0.000000845. The van der Waals surface area contributed by atoms with Crippen LogP contribution in [0.5, 0.6) is 0 Å². The zero-order valence-electron chi connectivity index (χ0n) is 6.57. The van der Waals surface area contributed by atoms with Crippen LogP contribution in [0.15, 0.2) is 29.4 Å². The molecule has 0 spiro atoms. The van der Waals surface area contributed by atoms with E-state index in [4.69, 9.17) is 0 Å². The Labute approximate surface area is 91.3 Å². The monoisotopic (exact) mass is 188 g/mol. The summed E-state index contributed by atoms with van der Waals surface area (Å²) in [4.78, 5) is 7.14. The molecule has 64 valence electrons. The van der Waals surface area contributed by atoms with Gasteiger partial charge in [0, 0.05) is 11.2 Å². The molecule has 0 saturated carbocycles. The van der Waals surface area contributed by atoms with Gasteiger partial charge in [0.1, 0.15) is 6.26 Å². The predicted molar refractivity (Wildman–Crippen MR) is 55.6 cm³/mol. The number of nitrogens with zero attached hydrogens (tertiary/aromatic N) is 1. The zero-order chi connectivity index (χ0) is 8.55. The first kappa shape index (κ1) is 10.7. The Hall–Kier alpha value is -0.403. The molecule has 1 atom stereocenters. The van der Waals surface area contributed by atoms with Crippen LogP contribution >= 0.6 is 0 Å². The fourth-order valence-corrected chi connectivity index (χ4v) is 1.55. The van der Waals surface area contributed by atoms with Crippen molar-refractivity contribution in [1.29, 1.82) is 0 Å². The molecule has 2 aromatic rings.